The first-order valence-corrected chi connectivity index (χ1v) is 3.83. The van der Waals surface area contributed by atoms with Crippen molar-refractivity contribution >= 4 is 11.9 Å². The van der Waals surface area contributed by atoms with Crippen LogP contribution in [-0.2, 0) is 9.59 Å². The van der Waals surface area contributed by atoms with Crippen LogP contribution in [0.15, 0.2) is 0 Å². The van der Waals surface area contributed by atoms with E-state index in [4.69, 9.17) is 10.8 Å². The Bertz CT molecular complexity index is 217. The van der Waals surface area contributed by atoms with Gasteiger partial charge >= 0.3 is 5.97 Å². The number of amides is 1. The fourth-order valence-corrected chi connectivity index (χ4v) is 1.24. The fourth-order valence-electron chi connectivity index (χ4n) is 1.24. The molecule has 1 aliphatic heterocycles. The number of likely N-dealkylation sites (tertiary alicyclic amines) is 1. The van der Waals surface area contributed by atoms with Crippen molar-refractivity contribution in [2.24, 2.45) is 5.73 Å². The predicted octanol–water partition coefficient (Wildman–Crippen LogP) is -0.981. The van der Waals surface area contributed by atoms with E-state index in [9.17, 15) is 9.59 Å². The van der Waals surface area contributed by atoms with Gasteiger partial charge in [-0.15, -0.1) is 0 Å². The van der Waals surface area contributed by atoms with Gasteiger partial charge in [0, 0.05) is 6.54 Å². The topological polar surface area (TPSA) is 83.6 Å². The molecule has 1 fully saturated rings. The molecule has 3 N–H and O–H groups in total. The van der Waals surface area contributed by atoms with Gasteiger partial charge in [-0.2, -0.15) is 0 Å². The van der Waals surface area contributed by atoms with Crippen molar-refractivity contribution < 1.29 is 14.7 Å². The van der Waals surface area contributed by atoms with E-state index >= 15 is 0 Å². The van der Waals surface area contributed by atoms with Crippen LogP contribution in [0.1, 0.15) is 13.3 Å². The zero-order valence-corrected chi connectivity index (χ0v) is 6.86. The zero-order valence-electron chi connectivity index (χ0n) is 6.86. The van der Waals surface area contributed by atoms with Crippen LogP contribution in [-0.4, -0.2) is 40.5 Å². The lowest BCUT2D eigenvalue weighted by molar-refractivity contribution is -0.147. The summed E-state index contributed by atoms with van der Waals surface area (Å²) in [7, 11) is 0. The monoisotopic (exact) mass is 172 g/mol. The third-order valence-corrected chi connectivity index (χ3v) is 2.11. The van der Waals surface area contributed by atoms with Crippen LogP contribution >= 0.6 is 0 Å². The molecule has 1 heterocycles. The summed E-state index contributed by atoms with van der Waals surface area (Å²) in [5, 5.41) is 8.61. The maximum Gasteiger partial charge on any atom is 0.326 e. The van der Waals surface area contributed by atoms with Crippen LogP contribution in [0.4, 0.5) is 0 Å². The van der Waals surface area contributed by atoms with Crippen molar-refractivity contribution in [3.05, 3.63) is 0 Å². The molecule has 0 saturated carbocycles. The molecule has 0 radical (unpaired) electrons. The Hall–Kier alpha value is -1.10. The van der Waals surface area contributed by atoms with E-state index in [0.717, 1.165) is 0 Å². The lowest BCUT2D eigenvalue weighted by Crippen LogP contribution is -2.43. The SMILES string of the molecule is C[C@@H](C(=O)O)N1CCC(N)C1=O. The van der Waals surface area contributed by atoms with E-state index < -0.39 is 18.1 Å². The van der Waals surface area contributed by atoms with Gasteiger partial charge in [0.1, 0.15) is 6.04 Å². The van der Waals surface area contributed by atoms with Crippen molar-refractivity contribution in [1.29, 1.82) is 0 Å². The molecule has 5 nitrogen and oxygen atoms in total. The number of aliphatic carboxylic acids is 1. The maximum absolute atomic E-state index is 11.2. The van der Waals surface area contributed by atoms with Gasteiger partial charge in [-0.3, -0.25) is 4.79 Å². The standard InChI is InChI=1S/C7H12N2O3/c1-4(7(11)12)9-3-2-5(8)6(9)10/h4-5H,2-3,8H2,1H3,(H,11,12)/t4-,5?/m0/s1. The van der Waals surface area contributed by atoms with Gasteiger partial charge in [-0.05, 0) is 13.3 Å². The average molecular weight is 172 g/mol. The van der Waals surface area contributed by atoms with Crippen LogP contribution in [0.5, 0.6) is 0 Å². The van der Waals surface area contributed by atoms with E-state index in [1.54, 1.807) is 0 Å². The summed E-state index contributed by atoms with van der Waals surface area (Å²) in [6.45, 7) is 1.94. The van der Waals surface area contributed by atoms with Crippen molar-refractivity contribution in [1.82, 2.24) is 4.90 Å². The molecule has 0 aromatic heterocycles. The lowest BCUT2D eigenvalue weighted by Gasteiger charge is -2.20. The Morgan fingerprint density at radius 1 is 1.83 bits per heavy atom. The normalized spacial score (nSPS) is 26.0. The smallest absolute Gasteiger partial charge is 0.326 e. The van der Waals surface area contributed by atoms with Crippen LogP contribution in [0.25, 0.3) is 0 Å². The number of nitrogens with two attached hydrogens (primary N) is 1. The summed E-state index contributed by atoms with van der Waals surface area (Å²) in [4.78, 5) is 23.0. The highest BCUT2D eigenvalue weighted by Crippen LogP contribution is 2.12. The molecular weight excluding hydrogens is 160 g/mol. The summed E-state index contributed by atoms with van der Waals surface area (Å²) in [6.07, 6.45) is 0.552. The summed E-state index contributed by atoms with van der Waals surface area (Å²) < 4.78 is 0. The second kappa shape index (κ2) is 3.10. The number of hydrogen-bond donors (Lipinski definition) is 2. The molecule has 12 heavy (non-hydrogen) atoms. The highest BCUT2D eigenvalue weighted by Gasteiger charge is 2.34. The Labute approximate surface area is 70.1 Å². The zero-order chi connectivity index (χ0) is 9.30. The van der Waals surface area contributed by atoms with Crippen LogP contribution in [0.2, 0.25) is 0 Å². The first-order valence-electron chi connectivity index (χ1n) is 3.83. The third kappa shape index (κ3) is 1.40. The third-order valence-electron chi connectivity index (χ3n) is 2.11. The molecule has 0 aliphatic carbocycles. The molecule has 68 valence electrons. The van der Waals surface area contributed by atoms with Gasteiger partial charge in [-0.25, -0.2) is 4.79 Å². The molecule has 0 aromatic rings. The predicted molar refractivity (Wildman–Crippen MR) is 41.4 cm³/mol. The van der Waals surface area contributed by atoms with E-state index in [1.165, 1.54) is 11.8 Å². The van der Waals surface area contributed by atoms with Crippen molar-refractivity contribution in [2.75, 3.05) is 6.54 Å². The van der Waals surface area contributed by atoms with Crippen LogP contribution in [0.3, 0.4) is 0 Å². The van der Waals surface area contributed by atoms with Gasteiger partial charge in [0.25, 0.3) is 0 Å². The first kappa shape index (κ1) is 8.99. The summed E-state index contributed by atoms with van der Waals surface area (Å²) in [6, 6.07) is -1.27. The molecular formula is C7H12N2O3. The lowest BCUT2D eigenvalue weighted by atomic mass is 10.3. The number of nitrogens with zero attached hydrogens (tertiary/aromatic N) is 1. The van der Waals surface area contributed by atoms with Gasteiger partial charge in [0.15, 0.2) is 0 Å². The van der Waals surface area contributed by atoms with Gasteiger partial charge < -0.3 is 15.7 Å². The van der Waals surface area contributed by atoms with Crippen molar-refractivity contribution in [3.63, 3.8) is 0 Å². The molecule has 1 aliphatic rings. The van der Waals surface area contributed by atoms with Crippen LogP contribution < -0.4 is 5.73 Å². The van der Waals surface area contributed by atoms with Crippen LogP contribution in [0, 0.1) is 0 Å². The fraction of sp³-hybridized carbons (Fsp3) is 0.714. The average Bonchev–Trinajstić information content (AvgIpc) is 2.32. The molecule has 1 rings (SSSR count). The Balaban J connectivity index is 2.65. The first-order chi connectivity index (χ1) is 5.54. The number of carbonyl (C=O) groups is 2. The second-order valence-corrected chi connectivity index (χ2v) is 2.94. The number of carboxylic acid groups (broad SMARTS) is 1. The van der Waals surface area contributed by atoms with E-state index in [1.807, 2.05) is 0 Å². The highest BCUT2D eigenvalue weighted by molar-refractivity contribution is 5.88. The Kier molecular flexibility index (Phi) is 2.32. The molecule has 1 amide bonds. The Morgan fingerprint density at radius 2 is 2.42 bits per heavy atom. The largest absolute Gasteiger partial charge is 0.480 e. The molecule has 1 saturated heterocycles. The van der Waals surface area contributed by atoms with Crippen molar-refractivity contribution in [3.8, 4) is 0 Å². The van der Waals surface area contributed by atoms with Gasteiger partial charge in [0.05, 0.1) is 6.04 Å². The summed E-state index contributed by atoms with van der Waals surface area (Å²) >= 11 is 0. The minimum absolute atomic E-state index is 0.259. The summed E-state index contributed by atoms with van der Waals surface area (Å²) in [5.74, 6) is -1.25. The minimum atomic E-state index is -0.988. The van der Waals surface area contributed by atoms with E-state index in [2.05, 4.69) is 0 Å². The number of carbonyl (C=O) groups excluding carboxylic acids is 1. The molecule has 1 unspecified atom stereocenters. The van der Waals surface area contributed by atoms with Gasteiger partial charge in [-0.1, -0.05) is 0 Å². The number of rotatable bonds is 2. The molecule has 0 spiro atoms. The molecule has 0 aromatic carbocycles. The van der Waals surface area contributed by atoms with Gasteiger partial charge in [0.2, 0.25) is 5.91 Å². The number of hydrogen-bond acceptors (Lipinski definition) is 3. The second-order valence-electron chi connectivity index (χ2n) is 2.94. The molecule has 2 atom stereocenters. The molecule has 5 heteroatoms. The summed E-state index contributed by atoms with van der Waals surface area (Å²) in [5.41, 5.74) is 5.42. The van der Waals surface area contributed by atoms with E-state index in [0.29, 0.717) is 13.0 Å². The van der Waals surface area contributed by atoms with E-state index in [-0.39, 0.29) is 5.91 Å². The minimum Gasteiger partial charge on any atom is -0.480 e. The quantitative estimate of drug-likeness (QED) is 0.560. The number of carboxylic acids is 1. The Morgan fingerprint density at radius 3 is 2.75 bits per heavy atom. The molecule has 0 bridgehead atoms. The van der Waals surface area contributed by atoms with Crippen molar-refractivity contribution in [2.45, 2.75) is 25.4 Å². The highest BCUT2D eigenvalue weighted by atomic mass is 16.4. The maximum atomic E-state index is 11.2.